The van der Waals surface area contributed by atoms with Crippen molar-refractivity contribution in [3.8, 4) is 5.75 Å². The number of carbonyl (C=O) groups excluding carboxylic acids is 1. The van der Waals surface area contributed by atoms with Crippen LogP contribution < -0.4 is 5.32 Å². The van der Waals surface area contributed by atoms with Crippen molar-refractivity contribution in [2.75, 3.05) is 5.32 Å². The van der Waals surface area contributed by atoms with E-state index in [1.807, 2.05) is 0 Å². The first kappa shape index (κ1) is 12.0. The molecule has 0 radical (unpaired) electrons. The largest absolute Gasteiger partial charge is 0.505 e. The van der Waals surface area contributed by atoms with Crippen molar-refractivity contribution in [2.24, 2.45) is 5.92 Å². The minimum atomic E-state index is -0.657. The molecule has 0 fully saturated rings. The van der Waals surface area contributed by atoms with Gasteiger partial charge in [-0.3, -0.25) is 14.9 Å². The van der Waals surface area contributed by atoms with Crippen LogP contribution in [-0.2, 0) is 4.79 Å². The molecular weight excluding hydrogens is 212 g/mol. The van der Waals surface area contributed by atoms with Gasteiger partial charge in [-0.05, 0) is 6.07 Å². The van der Waals surface area contributed by atoms with Crippen LogP contribution in [0.25, 0.3) is 0 Å². The summed E-state index contributed by atoms with van der Waals surface area (Å²) < 4.78 is 0. The number of aromatic hydroxyl groups is 1. The van der Waals surface area contributed by atoms with Crippen molar-refractivity contribution in [2.45, 2.75) is 13.8 Å². The number of carbonyl (C=O) groups is 1. The fourth-order valence-corrected chi connectivity index (χ4v) is 1.08. The van der Waals surface area contributed by atoms with Crippen LogP contribution in [0.3, 0.4) is 0 Å². The molecular formula is C10H12N2O4. The maximum absolute atomic E-state index is 11.4. The van der Waals surface area contributed by atoms with Gasteiger partial charge in [-0.25, -0.2) is 0 Å². The summed E-state index contributed by atoms with van der Waals surface area (Å²) in [5.41, 5.74) is -0.486. The number of nitro groups is 1. The molecule has 16 heavy (non-hydrogen) atoms. The van der Waals surface area contributed by atoms with Crippen molar-refractivity contribution in [1.82, 2.24) is 0 Å². The number of nitrogens with zero attached hydrogens (tertiary/aromatic N) is 1. The fourth-order valence-electron chi connectivity index (χ4n) is 1.08. The second-order valence-electron chi connectivity index (χ2n) is 3.57. The van der Waals surface area contributed by atoms with Crippen molar-refractivity contribution in [3.05, 3.63) is 28.3 Å². The first-order valence-corrected chi connectivity index (χ1v) is 4.70. The van der Waals surface area contributed by atoms with E-state index < -0.39 is 4.92 Å². The number of nitro benzene ring substituents is 1. The second-order valence-corrected chi connectivity index (χ2v) is 3.57. The zero-order valence-corrected chi connectivity index (χ0v) is 8.93. The topological polar surface area (TPSA) is 92.5 Å². The molecule has 1 rings (SSSR count). The van der Waals surface area contributed by atoms with Crippen LogP contribution in [0.15, 0.2) is 18.2 Å². The average Bonchev–Trinajstić information content (AvgIpc) is 2.20. The zero-order chi connectivity index (χ0) is 12.3. The zero-order valence-electron chi connectivity index (χ0n) is 8.93. The number of benzene rings is 1. The van der Waals surface area contributed by atoms with Gasteiger partial charge in [0, 0.05) is 12.0 Å². The molecule has 0 aliphatic heterocycles. The number of nitrogens with one attached hydrogen (secondary N) is 1. The van der Waals surface area contributed by atoms with Crippen LogP contribution in [-0.4, -0.2) is 15.9 Å². The van der Waals surface area contributed by atoms with Gasteiger partial charge >= 0.3 is 0 Å². The molecule has 0 bridgehead atoms. The van der Waals surface area contributed by atoms with Gasteiger partial charge in [0.15, 0.2) is 5.69 Å². The maximum atomic E-state index is 11.4. The molecule has 1 aromatic rings. The Morgan fingerprint density at radius 3 is 2.62 bits per heavy atom. The van der Waals surface area contributed by atoms with Crippen molar-refractivity contribution >= 4 is 17.3 Å². The minimum absolute atomic E-state index is 0.161. The summed E-state index contributed by atoms with van der Waals surface area (Å²) in [4.78, 5) is 21.4. The van der Waals surface area contributed by atoms with E-state index in [0.29, 0.717) is 0 Å². The van der Waals surface area contributed by atoms with Crippen LogP contribution in [0.5, 0.6) is 5.75 Å². The molecule has 0 aliphatic carbocycles. The molecule has 6 heteroatoms. The Kier molecular flexibility index (Phi) is 3.44. The van der Waals surface area contributed by atoms with Crippen LogP contribution in [0.2, 0.25) is 0 Å². The normalized spacial score (nSPS) is 10.2. The molecule has 0 aromatic heterocycles. The van der Waals surface area contributed by atoms with Gasteiger partial charge in [-0.15, -0.1) is 0 Å². The standard InChI is InChI=1S/C10H12N2O4/c1-6(2)10(14)11-9-7(12(15)16)4-3-5-8(9)13/h3-6,13H,1-2H3,(H,11,14). The quantitative estimate of drug-likeness (QED) is 0.466. The summed E-state index contributed by atoms with van der Waals surface area (Å²) in [5, 5.41) is 22.4. The highest BCUT2D eigenvalue weighted by Crippen LogP contribution is 2.33. The molecule has 0 saturated heterocycles. The molecule has 0 aliphatic rings. The lowest BCUT2D eigenvalue weighted by Crippen LogP contribution is -2.18. The number of hydrogen-bond acceptors (Lipinski definition) is 4. The number of amides is 1. The number of phenols is 1. The highest BCUT2D eigenvalue weighted by Gasteiger charge is 2.20. The number of rotatable bonds is 3. The first-order chi connectivity index (χ1) is 7.43. The molecule has 0 spiro atoms. The molecule has 2 N–H and O–H groups in total. The first-order valence-electron chi connectivity index (χ1n) is 4.70. The molecule has 0 unspecified atom stereocenters. The predicted octanol–water partition coefficient (Wildman–Crippen LogP) is 1.89. The van der Waals surface area contributed by atoms with Gasteiger partial charge in [0.25, 0.3) is 5.69 Å². The third-order valence-electron chi connectivity index (χ3n) is 1.99. The lowest BCUT2D eigenvalue weighted by atomic mass is 10.2. The molecule has 1 amide bonds. The molecule has 86 valence electrons. The molecule has 0 saturated carbocycles. The third-order valence-corrected chi connectivity index (χ3v) is 1.99. The summed E-state index contributed by atoms with van der Waals surface area (Å²) in [5.74, 6) is -1.02. The van der Waals surface area contributed by atoms with Crippen LogP contribution in [0.1, 0.15) is 13.8 Å². The SMILES string of the molecule is CC(C)C(=O)Nc1c(O)cccc1[N+](=O)[O-]. The van der Waals surface area contributed by atoms with Gasteiger partial charge in [0.1, 0.15) is 5.75 Å². The molecule has 6 nitrogen and oxygen atoms in total. The molecule has 0 atom stereocenters. The Morgan fingerprint density at radius 1 is 1.50 bits per heavy atom. The number of phenolic OH excluding ortho intramolecular Hbond substituents is 1. The summed E-state index contributed by atoms with van der Waals surface area (Å²) in [7, 11) is 0. The van der Waals surface area contributed by atoms with Gasteiger partial charge in [0.05, 0.1) is 4.92 Å². The van der Waals surface area contributed by atoms with E-state index in [-0.39, 0.29) is 28.9 Å². The monoisotopic (exact) mass is 224 g/mol. The van der Waals surface area contributed by atoms with Gasteiger partial charge in [0.2, 0.25) is 5.91 Å². The van der Waals surface area contributed by atoms with E-state index in [1.165, 1.54) is 18.2 Å². The molecule has 0 heterocycles. The van der Waals surface area contributed by atoms with Crippen LogP contribution in [0.4, 0.5) is 11.4 Å². The Balaban J connectivity index is 3.11. The summed E-state index contributed by atoms with van der Waals surface area (Å²) in [6.07, 6.45) is 0. The summed E-state index contributed by atoms with van der Waals surface area (Å²) >= 11 is 0. The highest BCUT2D eigenvalue weighted by molar-refractivity contribution is 5.96. The fraction of sp³-hybridized carbons (Fsp3) is 0.300. The van der Waals surface area contributed by atoms with Crippen molar-refractivity contribution in [3.63, 3.8) is 0 Å². The highest BCUT2D eigenvalue weighted by atomic mass is 16.6. The van der Waals surface area contributed by atoms with E-state index in [4.69, 9.17) is 0 Å². The van der Waals surface area contributed by atoms with E-state index in [2.05, 4.69) is 5.32 Å². The smallest absolute Gasteiger partial charge is 0.296 e. The summed E-state index contributed by atoms with van der Waals surface area (Å²) in [6, 6.07) is 3.84. The lowest BCUT2D eigenvalue weighted by Gasteiger charge is -2.09. The van der Waals surface area contributed by atoms with E-state index in [9.17, 15) is 20.0 Å². The van der Waals surface area contributed by atoms with Crippen LogP contribution >= 0.6 is 0 Å². The van der Waals surface area contributed by atoms with Gasteiger partial charge < -0.3 is 10.4 Å². The van der Waals surface area contributed by atoms with Gasteiger partial charge in [-0.2, -0.15) is 0 Å². The minimum Gasteiger partial charge on any atom is -0.505 e. The van der Waals surface area contributed by atoms with E-state index >= 15 is 0 Å². The molecule has 1 aromatic carbocycles. The van der Waals surface area contributed by atoms with Gasteiger partial charge in [-0.1, -0.05) is 19.9 Å². The second kappa shape index (κ2) is 4.61. The number of hydrogen-bond donors (Lipinski definition) is 2. The van der Waals surface area contributed by atoms with E-state index in [1.54, 1.807) is 13.8 Å². The van der Waals surface area contributed by atoms with E-state index in [0.717, 1.165) is 0 Å². The number of anilines is 1. The van der Waals surface area contributed by atoms with Crippen molar-refractivity contribution in [1.29, 1.82) is 0 Å². The Hall–Kier alpha value is -2.11. The average molecular weight is 224 g/mol. The predicted molar refractivity (Wildman–Crippen MR) is 58.2 cm³/mol. The number of para-hydroxylation sites is 1. The Labute approximate surface area is 92.0 Å². The Morgan fingerprint density at radius 2 is 2.12 bits per heavy atom. The lowest BCUT2D eigenvalue weighted by molar-refractivity contribution is -0.384. The Bertz CT molecular complexity index is 429. The third kappa shape index (κ3) is 2.47. The summed E-state index contributed by atoms with van der Waals surface area (Å²) in [6.45, 7) is 3.31. The van der Waals surface area contributed by atoms with Crippen LogP contribution in [0, 0.1) is 16.0 Å². The maximum Gasteiger partial charge on any atom is 0.296 e. The van der Waals surface area contributed by atoms with Crippen molar-refractivity contribution < 1.29 is 14.8 Å².